The zero-order valence-electron chi connectivity index (χ0n) is 32.5. The Morgan fingerprint density at radius 1 is 0.980 bits per heavy atom. The molecule has 5 aliphatic carbocycles. The van der Waals surface area contributed by atoms with E-state index < -0.39 is 23.2 Å². The van der Waals surface area contributed by atoms with Gasteiger partial charge >= 0.3 is 0 Å². The van der Waals surface area contributed by atoms with Crippen LogP contribution in [0.25, 0.3) is 6.08 Å². The van der Waals surface area contributed by atoms with E-state index in [1.165, 1.54) is 69.6 Å². The lowest BCUT2D eigenvalue weighted by molar-refractivity contribution is -0.149. The summed E-state index contributed by atoms with van der Waals surface area (Å²) in [5.41, 5.74) is 15.4. The fourth-order valence-corrected chi connectivity index (χ4v) is 10.1. The van der Waals surface area contributed by atoms with Gasteiger partial charge in [-0.1, -0.05) is 57.2 Å². The minimum Gasteiger partial charge on any atom is -0.508 e. The van der Waals surface area contributed by atoms with Gasteiger partial charge in [-0.05, 0) is 142 Å². The number of carbonyl (C=O) groups excluding carboxylic acids is 2. The number of phenolic OH excluding ortho intramolecular Hbond substituents is 1. The highest BCUT2D eigenvalue weighted by Gasteiger charge is 2.65. The molecule has 0 spiro atoms. The van der Waals surface area contributed by atoms with Gasteiger partial charge in [-0.2, -0.15) is 0 Å². The number of aromatic hydroxyl groups is 1. The second-order valence-electron chi connectivity index (χ2n) is 16.6. The third-order valence-electron chi connectivity index (χ3n) is 13.3. The van der Waals surface area contributed by atoms with Crippen molar-refractivity contribution in [3.05, 3.63) is 58.7 Å². The Bertz CT molecular complexity index is 1450. The first-order valence-electron chi connectivity index (χ1n) is 19.2. The minimum atomic E-state index is -1.06. The van der Waals surface area contributed by atoms with Crippen molar-refractivity contribution in [3.8, 4) is 5.75 Å². The number of rotatable bonds is 8. The van der Waals surface area contributed by atoms with Crippen molar-refractivity contribution in [2.75, 3.05) is 14.2 Å². The second kappa shape index (κ2) is 17.9. The smallest absolute Gasteiger partial charge is 0.176 e. The van der Waals surface area contributed by atoms with Crippen molar-refractivity contribution in [1.82, 2.24) is 0 Å². The van der Waals surface area contributed by atoms with Crippen LogP contribution in [0.5, 0.6) is 5.75 Å². The number of aliphatic hydroxyl groups is 3. The first kappa shape index (κ1) is 42.8. The third kappa shape index (κ3) is 8.96. The minimum absolute atomic E-state index is 0.0244. The van der Waals surface area contributed by atoms with Gasteiger partial charge in [-0.3, -0.25) is 9.59 Å². The molecule has 1 aromatic rings. The van der Waals surface area contributed by atoms with Gasteiger partial charge < -0.3 is 31.9 Å². The molecule has 0 aliphatic heterocycles. The highest BCUT2D eigenvalue weighted by molar-refractivity contribution is 6.03. The molecule has 8 N–H and O–H groups in total. The lowest BCUT2D eigenvalue weighted by Gasteiger charge is -2.61. The zero-order valence-corrected chi connectivity index (χ0v) is 32.5. The summed E-state index contributed by atoms with van der Waals surface area (Å²) in [5.74, 6) is 2.54. The van der Waals surface area contributed by atoms with Gasteiger partial charge in [0, 0.05) is 25.4 Å². The summed E-state index contributed by atoms with van der Waals surface area (Å²) < 4.78 is 0. The highest BCUT2D eigenvalue weighted by Crippen LogP contribution is 2.66. The molecular formula is C43H68N2O6. The van der Waals surface area contributed by atoms with E-state index in [1.54, 1.807) is 12.1 Å². The predicted octanol–water partition coefficient (Wildman–Crippen LogP) is 6.81. The summed E-state index contributed by atoms with van der Waals surface area (Å²) in [6.45, 7) is 15.0. The van der Waals surface area contributed by atoms with E-state index in [1.807, 2.05) is 25.1 Å². The molecule has 0 aromatic heterocycles. The quantitative estimate of drug-likeness (QED) is 0.126. The van der Waals surface area contributed by atoms with Crippen LogP contribution < -0.4 is 11.5 Å². The molecule has 6 rings (SSSR count). The van der Waals surface area contributed by atoms with Crippen molar-refractivity contribution in [3.63, 3.8) is 0 Å². The summed E-state index contributed by atoms with van der Waals surface area (Å²) in [7, 11) is 2.50. The number of hydrogen-bond acceptors (Lipinski definition) is 8. The molecule has 3 saturated carbocycles. The maximum Gasteiger partial charge on any atom is 0.176 e. The Labute approximate surface area is 307 Å². The summed E-state index contributed by atoms with van der Waals surface area (Å²) in [6.07, 6.45) is 15.3. The Morgan fingerprint density at radius 2 is 1.65 bits per heavy atom. The molecule has 9 unspecified atom stereocenters. The number of carbonyl (C=O) groups is 2. The van der Waals surface area contributed by atoms with Crippen LogP contribution in [0.2, 0.25) is 0 Å². The number of allylic oxidation sites excluding steroid dienone is 3. The fourth-order valence-electron chi connectivity index (χ4n) is 10.1. The maximum absolute atomic E-state index is 13.4. The maximum atomic E-state index is 13.4. The molecule has 8 nitrogen and oxygen atoms in total. The third-order valence-corrected chi connectivity index (χ3v) is 13.3. The summed E-state index contributed by atoms with van der Waals surface area (Å²) in [4.78, 5) is 24.7. The van der Waals surface area contributed by atoms with Gasteiger partial charge in [-0.15, -0.1) is 6.58 Å². The van der Waals surface area contributed by atoms with E-state index in [4.69, 9.17) is 10.8 Å². The number of benzene rings is 1. The van der Waals surface area contributed by atoms with Crippen molar-refractivity contribution < 1.29 is 30.0 Å². The number of phenols is 1. The number of Topliss-reactive ketones (excluding diaryl/α,β-unsaturated/α-hetero) is 1. The van der Waals surface area contributed by atoms with E-state index in [2.05, 4.69) is 40.0 Å². The van der Waals surface area contributed by atoms with E-state index >= 15 is 0 Å². The van der Waals surface area contributed by atoms with Crippen molar-refractivity contribution in [2.24, 2.45) is 46.0 Å². The Hall–Kier alpha value is -2.62. The lowest BCUT2D eigenvalue weighted by Crippen LogP contribution is -2.70. The van der Waals surface area contributed by atoms with Gasteiger partial charge in [0.05, 0.1) is 17.7 Å². The predicted molar refractivity (Wildman–Crippen MR) is 207 cm³/mol. The van der Waals surface area contributed by atoms with E-state index in [9.17, 15) is 24.9 Å². The molecule has 1 aromatic carbocycles. The van der Waals surface area contributed by atoms with E-state index in [-0.39, 0.29) is 35.1 Å². The second-order valence-corrected chi connectivity index (χ2v) is 16.6. The number of nitrogens with two attached hydrogens (primary N) is 2. The van der Waals surface area contributed by atoms with Gasteiger partial charge in [-0.25, -0.2) is 0 Å². The number of hydrogen-bond donors (Lipinski definition) is 6. The van der Waals surface area contributed by atoms with Gasteiger partial charge in [0.2, 0.25) is 0 Å². The Balaban J connectivity index is 0.000000343. The van der Waals surface area contributed by atoms with Crippen LogP contribution in [-0.2, 0) is 16.0 Å². The van der Waals surface area contributed by atoms with Crippen LogP contribution in [-0.4, -0.2) is 63.9 Å². The average Bonchev–Trinajstić information content (AvgIpc) is 3.43. The van der Waals surface area contributed by atoms with Gasteiger partial charge in [0.15, 0.2) is 11.6 Å². The van der Waals surface area contributed by atoms with E-state index in [0.29, 0.717) is 18.8 Å². The summed E-state index contributed by atoms with van der Waals surface area (Å²) in [6, 6.07) is 5.12. The van der Waals surface area contributed by atoms with Gasteiger partial charge in [0.1, 0.15) is 5.75 Å². The average molecular weight is 709 g/mol. The molecule has 0 heterocycles. The Morgan fingerprint density at radius 3 is 2.31 bits per heavy atom. The number of fused-ring (bicyclic) bond motifs is 6. The lowest BCUT2D eigenvalue weighted by atomic mass is 9.45. The molecule has 0 radical (unpaired) electrons. The van der Waals surface area contributed by atoms with Crippen LogP contribution in [0, 0.1) is 34.5 Å². The molecule has 286 valence electrons. The zero-order chi connectivity index (χ0) is 38.3. The monoisotopic (exact) mass is 709 g/mol. The van der Waals surface area contributed by atoms with Crippen LogP contribution in [0.1, 0.15) is 123 Å². The van der Waals surface area contributed by atoms with Crippen molar-refractivity contribution in [2.45, 2.75) is 136 Å². The van der Waals surface area contributed by atoms with Crippen LogP contribution in [0.3, 0.4) is 0 Å². The first-order chi connectivity index (χ1) is 24.1. The molecule has 8 heteroatoms. The number of unbranched alkanes of at least 4 members (excludes halogenated alkanes) is 1. The molecule has 3 fully saturated rings. The standard InChI is InChI=1S/C30H49NO3.C11H10O2.CH5N.CH4O/c1-19(2)10-11-20(3)8-6-7-9-21-12-13-23-22-16-27(34)30(31)18-26(33)25(32)17-29(30,5)24(22)14-15-28(21,23)4;1-7-4-8-2-3-10(12)5-9(8)6-11(7)13;2*1-2/h16,20-21,23-26,32-33H,1,6-15,17-18,31H2,2-5H3;2-5,12H,6H2,1H3;2H2,1H3;2H,1H3. The number of ketones is 2. The molecule has 0 amide bonds. The summed E-state index contributed by atoms with van der Waals surface area (Å²) in [5, 5.41) is 37.1. The van der Waals surface area contributed by atoms with Crippen LogP contribution in [0.4, 0.5) is 0 Å². The summed E-state index contributed by atoms with van der Waals surface area (Å²) >= 11 is 0. The number of aliphatic hydroxyl groups excluding tert-OH is 3. The molecule has 0 bridgehead atoms. The van der Waals surface area contributed by atoms with Gasteiger partial charge in [0.25, 0.3) is 0 Å². The first-order valence-corrected chi connectivity index (χ1v) is 19.2. The SMILES string of the molecule is C=C(C)CCC(C)CCCCC1CCC2C3=CC(=O)C4(N)CC(O)C(O)CC4(C)C3CCC12C.CC1=Cc2ccc(O)cc2CC1=O.CN.CO. The normalized spacial score (nSPS) is 33.8. The fraction of sp³-hybridized carbons (Fsp3) is 0.674. The molecule has 0 saturated heterocycles. The Kier molecular flexibility index (Phi) is 15.0. The largest absolute Gasteiger partial charge is 0.508 e. The van der Waals surface area contributed by atoms with E-state index in [0.717, 1.165) is 48.5 Å². The topological polar surface area (TPSA) is 167 Å². The molecule has 5 aliphatic rings. The van der Waals surface area contributed by atoms with Crippen molar-refractivity contribution >= 4 is 17.6 Å². The highest BCUT2D eigenvalue weighted by atomic mass is 16.3. The molecular weight excluding hydrogens is 640 g/mol. The van der Waals surface area contributed by atoms with Crippen molar-refractivity contribution in [1.29, 1.82) is 0 Å². The van der Waals surface area contributed by atoms with Crippen LogP contribution in [0.15, 0.2) is 47.6 Å². The molecule has 9 atom stereocenters. The van der Waals surface area contributed by atoms with Crippen LogP contribution >= 0.6 is 0 Å². The molecule has 51 heavy (non-hydrogen) atoms.